The van der Waals surface area contributed by atoms with Crippen LogP contribution in [0.3, 0.4) is 0 Å². The summed E-state index contributed by atoms with van der Waals surface area (Å²) in [5.74, 6) is -0.324. The van der Waals surface area contributed by atoms with Gasteiger partial charge in [-0.3, -0.25) is 9.59 Å². The third kappa shape index (κ3) is 5.10. The van der Waals surface area contributed by atoms with E-state index in [1.54, 1.807) is 48.5 Å². The van der Waals surface area contributed by atoms with E-state index in [4.69, 9.17) is 27.6 Å². The highest BCUT2D eigenvalue weighted by Crippen LogP contribution is 2.26. The second-order valence-electron chi connectivity index (χ2n) is 5.79. The maximum Gasteiger partial charge on any atom is 0.266 e. The van der Waals surface area contributed by atoms with E-state index >= 15 is 0 Å². The van der Waals surface area contributed by atoms with Gasteiger partial charge in [0.25, 0.3) is 11.8 Å². The van der Waals surface area contributed by atoms with Crippen LogP contribution in [0.15, 0.2) is 76.2 Å². The first-order valence-electron chi connectivity index (χ1n) is 8.19. The number of anilines is 2. The van der Waals surface area contributed by atoms with Crippen LogP contribution in [-0.4, -0.2) is 22.0 Å². The van der Waals surface area contributed by atoms with Gasteiger partial charge in [-0.25, -0.2) is 0 Å². The summed E-state index contributed by atoms with van der Waals surface area (Å²) >= 11 is 11.1. The lowest BCUT2D eigenvalue weighted by atomic mass is 10.2. The molecule has 9 heteroatoms. The van der Waals surface area contributed by atoms with Gasteiger partial charge in [0.15, 0.2) is 0 Å². The maximum atomic E-state index is 11.5. The van der Waals surface area contributed by atoms with Crippen LogP contribution < -0.4 is 10.6 Å². The van der Waals surface area contributed by atoms with Crippen molar-refractivity contribution in [2.45, 2.75) is 0 Å². The van der Waals surface area contributed by atoms with Crippen LogP contribution in [0.1, 0.15) is 0 Å². The molecule has 0 aliphatic carbocycles. The molecule has 0 atom stereocenters. The van der Waals surface area contributed by atoms with Crippen molar-refractivity contribution < 1.29 is 14.0 Å². The smallest absolute Gasteiger partial charge is 0.266 e. The number of carbonyl (C=O) groups is 2. The highest BCUT2D eigenvalue weighted by molar-refractivity contribution is 6.43. The Balaban J connectivity index is 1.72. The molecule has 0 saturated heterocycles. The lowest BCUT2D eigenvalue weighted by molar-refractivity contribution is -0.113. The summed E-state index contributed by atoms with van der Waals surface area (Å²) in [5, 5.41) is 13.1. The fourth-order valence-electron chi connectivity index (χ4n) is 2.25. The molecular formula is C20H14Cl2N4O3. The average Bonchev–Trinajstić information content (AvgIpc) is 3.19. The molecule has 0 aliphatic heterocycles. The molecule has 2 amide bonds. The fraction of sp³-hybridized carbons (Fsp3) is 0. The van der Waals surface area contributed by atoms with E-state index in [0.717, 1.165) is 0 Å². The first-order valence-corrected chi connectivity index (χ1v) is 8.95. The van der Waals surface area contributed by atoms with Gasteiger partial charge in [-0.15, -0.1) is 10.2 Å². The van der Waals surface area contributed by atoms with Gasteiger partial charge in [-0.2, -0.15) is 0 Å². The number of aromatic nitrogens is 2. The predicted molar refractivity (Wildman–Crippen MR) is 112 cm³/mol. The van der Waals surface area contributed by atoms with Gasteiger partial charge in [0.1, 0.15) is 0 Å². The van der Waals surface area contributed by atoms with Crippen molar-refractivity contribution >= 4 is 46.4 Å². The zero-order valence-corrected chi connectivity index (χ0v) is 16.4. The number of benzene rings is 2. The fourth-order valence-corrected chi connectivity index (χ4v) is 2.34. The van der Waals surface area contributed by atoms with Crippen molar-refractivity contribution in [3.8, 4) is 22.9 Å². The van der Waals surface area contributed by atoms with Crippen LogP contribution in [0.2, 0.25) is 0 Å². The van der Waals surface area contributed by atoms with E-state index in [-0.39, 0.29) is 10.1 Å². The normalized spacial score (nSPS) is 10.3. The number of amides is 2. The van der Waals surface area contributed by atoms with E-state index in [1.807, 2.05) is 0 Å². The van der Waals surface area contributed by atoms with Crippen LogP contribution in [0, 0.1) is 0 Å². The second kappa shape index (κ2) is 8.72. The third-order valence-corrected chi connectivity index (χ3v) is 4.04. The monoisotopic (exact) mass is 428 g/mol. The van der Waals surface area contributed by atoms with Crippen molar-refractivity contribution in [3.63, 3.8) is 0 Å². The summed E-state index contributed by atoms with van der Waals surface area (Å²) in [7, 11) is 0. The molecular weight excluding hydrogens is 415 g/mol. The predicted octanol–water partition coefficient (Wildman–Crippen LogP) is 4.79. The van der Waals surface area contributed by atoms with Gasteiger partial charge in [0, 0.05) is 22.5 Å². The van der Waals surface area contributed by atoms with E-state index in [1.165, 1.54) is 0 Å². The van der Waals surface area contributed by atoms with Crippen molar-refractivity contribution in [2.75, 3.05) is 10.6 Å². The molecule has 0 aliphatic rings. The van der Waals surface area contributed by atoms with Crippen molar-refractivity contribution in [1.82, 2.24) is 10.2 Å². The van der Waals surface area contributed by atoms with Gasteiger partial charge < -0.3 is 15.1 Å². The summed E-state index contributed by atoms with van der Waals surface area (Å²) in [6, 6.07) is 13.6. The summed E-state index contributed by atoms with van der Waals surface area (Å²) in [4.78, 5) is 23.1. The van der Waals surface area contributed by atoms with Crippen molar-refractivity contribution in [1.29, 1.82) is 0 Å². The summed E-state index contributed by atoms with van der Waals surface area (Å²) in [6.07, 6.45) is 0. The number of hydrogen-bond acceptors (Lipinski definition) is 5. The Kier molecular flexibility index (Phi) is 6.11. The van der Waals surface area contributed by atoms with Crippen LogP contribution in [0.25, 0.3) is 22.9 Å². The molecule has 29 heavy (non-hydrogen) atoms. The first kappa shape index (κ1) is 20.3. The van der Waals surface area contributed by atoms with Crippen LogP contribution in [0.4, 0.5) is 11.4 Å². The summed E-state index contributed by atoms with van der Waals surface area (Å²) in [5.41, 5.74) is 2.46. The molecule has 3 rings (SSSR count). The van der Waals surface area contributed by atoms with Gasteiger partial charge in [0.2, 0.25) is 11.8 Å². The summed E-state index contributed by atoms with van der Waals surface area (Å²) < 4.78 is 5.71. The highest BCUT2D eigenvalue weighted by Gasteiger charge is 2.12. The molecule has 1 aromatic heterocycles. The summed E-state index contributed by atoms with van der Waals surface area (Å²) in [6.45, 7) is 6.73. The van der Waals surface area contributed by atoms with Gasteiger partial charge in [-0.1, -0.05) is 36.4 Å². The molecule has 0 saturated carbocycles. The Hall–Kier alpha value is -3.42. The standard InChI is InChI=1S/C20H14Cl2N4O3/c1-11(21)17(27)23-15-7-3-13(4-8-15)19-25-26-20(29-19)14-5-9-16(10-6-14)24-18(28)12(2)22/h3-10H,1-2H2,(H,23,27)(H,24,28). The van der Waals surface area contributed by atoms with Gasteiger partial charge in [-0.05, 0) is 48.5 Å². The van der Waals surface area contributed by atoms with Crippen molar-refractivity contribution in [2.24, 2.45) is 0 Å². The maximum absolute atomic E-state index is 11.5. The molecule has 3 aromatic rings. The third-order valence-electron chi connectivity index (χ3n) is 3.70. The minimum absolute atomic E-state index is 0.103. The molecule has 146 valence electrons. The Morgan fingerprint density at radius 3 is 1.38 bits per heavy atom. The Morgan fingerprint density at radius 1 is 0.724 bits per heavy atom. The van der Waals surface area contributed by atoms with E-state index in [0.29, 0.717) is 34.3 Å². The Morgan fingerprint density at radius 2 is 1.07 bits per heavy atom. The molecule has 0 spiro atoms. The molecule has 0 unspecified atom stereocenters. The van der Waals surface area contributed by atoms with E-state index < -0.39 is 11.8 Å². The molecule has 0 radical (unpaired) electrons. The minimum Gasteiger partial charge on any atom is -0.416 e. The minimum atomic E-state index is -0.477. The number of nitrogens with one attached hydrogen (secondary N) is 2. The second-order valence-corrected chi connectivity index (χ2v) is 6.70. The van der Waals surface area contributed by atoms with Crippen LogP contribution >= 0.6 is 23.2 Å². The molecule has 2 N–H and O–H groups in total. The average molecular weight is 429 g/mol. The lowest BCUT2D eigenvalue weighted by Crippen LogP contribution is -2.10. The van der Waals surface area contributed by atoms with Crippen LogP contribution in [0.5, 0.6) is 0 Å². The SMILES string of the molecule is C=C(Cl)C(=O)Nc1ccc(-c2nnc(-c3ccc(NC(=O)C(=C)Cl)cc3)o2)cc1. The number of hydrogen-bond donors (Lipinski definition) is 2. The zero-order chi connectivity index (χ0) is 21.0. The van der Waals surface area contributed by atoms with E-state index in [2.05, 4.69) is 34.0 Å². The molecule has 2 aromatic carbocycles. The quantitative estimate of drug-likeness (QED) is 0.550. The number of rotatable bonds is 6. The number of halogens is 2. The molecule has 1 heterocycles. The highest BCUT2D eigenvalue weighted by atomic mass is 35.5. The number of carbonyl (C=O) groups excluding carboxylic acids is 2. The van der Waals surface area contributed by atoms with Crippen molar-refractivity contribution in [3.05, 3.63) is 71.8 Å². The largest absolute Gasteiger partial charge is 0.416 e. The zero-order valence-electron chi connectivity index (χ0n) is 14.9. The topological polar surface area (TPSA) is 97.1 Å². The van der Waals surface area contributed by atoms with Gasteiger partial charge in [0.05, 0.1) is 10.1 Å². The van der Waals surface area contributed by atoms with Gasteiger partial charge >= 0.3 is 0 Å². The molecule has 0 fully saturated rings. The molecule has 0 bridgehead atoms. The number of nitrogens with zero attached hydrogens (tertiary/aromatic N) is 2. The molecule has 7 nitrogen and oxygen atoms in total. The lowest BCUT2D eigenvalue weighted by Gasteiger charge is -2.04. The Labute approximate surface area is 176 Å². The van der Waals surface area contributed by atoms with E-state index in [9.17, 15) is 9.59 Å². The van der Waals surface area contributed by atoms with Crippen LogP contribution in [-0.2, 0) is 9.59 Å². The Bertz CT molecular complexity index is 1000. The first-order chi connectivity index (χ1) is 13.8.